The Balaban J connectivity index is 1.56. The fourth-order valence-corrected chi connectivity index (χ4v) is 5.09. The molecule has 5 heteroatoms. The summed E-state index contributed by atoms with van der Waals surface area (Å²) in [5, 5.41) is 9.34. The number of carbonyl (C=O) groups is 1. The van der Waals surface area contributed by atoms with Crippen LogP contribution in [-0.4, -0.2) is 59.2 Å². The Bertz CT molecular complexity index is 837. The van der Waals surface area contributed by atoms with Crippen molar-refractivity contribution in [2.75, 3.05) is 26.2 Å². The van der Waals surface area contributed by atoms with Crippen LogP contribution in [-0.2, 0) is 11.3 Å². The number of aliphatic hydroxyl groups excluding tert-OH is 1. The second kappa shape index (κ2) is 9.19. The average molecular weight is 409 g/mol. The number of nitrogens with zero attached hydrogens (tertiary/aromatic N) is 2. The van der Waals surface area contributed by atoms with Gasteiger partial charge in [-0.1, -0.05) is 42.5 Å². The molecule has 2 aliphatic rings. The lowest BCUT2D eigenvalue weighted by Crippen LogP contribution is -2.49. The maximum Gasteiger partial charge on any atom is 0.248 e. The molecular formula is C25H32N2O3. The van der Waals surface area contributed by atoms with Gasteiger partial charge in [0.05, 0.1) is 6.10 Å². The monoisotopic (exact) mass is 408 g/mol. The second-order valence-corrected chi connectivity index (χ2v) is 8.77. The Morgan fingerprint density at radius 3 is 2.50 bits per heavy atom. The first-order valence-corrected chi connectivity index (χ1v) is 11.0. The molecule has 2 fully saturated rings. The zero-order chi connectivity index (χ0) is 21.1. The van der Waals surface area contributed by atoms with E-state index in [1.54, 1.807) is 0 Å². The van der Waals surface area contributed by atoms with E-state index in [9.17, 15) is 9.90 Å². The minimum atomic E-state index is -0.406. The van der Waals surface area contributed by atoms with Crippen LogP contribution in [0.25, 0.3) is 0 Å². The van der Waals surface area contributed by atoms with E-state index < -0.39 is 6.61 Å². The van der Waals surface area contributed by atoms with Crippen LogP contribution in [0.1, 0.15) is 37.3 Å². The third-order valence-corrected chi connectivity index (χ3v) is 6.43. The summed E-state index contributed by atoms with van der Waals surface area (Å²) in [6.07, 6.45) is 1.11. The Hall–Kier alpha value is -2.37. The van der Waals surface area contributed by atoms with Crippen LogP contribution in [0.5, 0.6) is 5.75 Å². The molecule has 2 heterocycles. The first kappa shape index (κ1) is 20.9. The van der Waals surface area contributed by atoms with Crippen molar-refractivity contribution in [2.24, 2.45) is 5.92 Å². The minimum absolute atomic E-state index is 0.157. The van der Waals surface area contributed by atoms with Crippen molar-refractivity contribution in [3.05, 3.63) is 65.7 Å². The van der Waals surface area contributed by atoms with E-state index in [-0.39, 0.29) is 12.0 Å². The molecule has 30 heavy (non-hydrogen) atoms. The Labute approximate surface area is 179 Å². The lowest BCUT2D eigenvalue weighted by molar-refractivity contribution is -0.136. The summed E-state index contributed by atoms with van der Waals surface area (Å²) in [5.41, 5.74) is 2.63. The molecule has 2 aliphatic heterocycles. The lowest BCUT2D eigenvalue weighted by atomic mass is 9.81. The zero-order valence-electron chi connectivity index (χ0n) is 17.9. The highest BCUT2D eigenvalue weighted by molar-refractivity contribution is 5.77. The molecule has 0 aromatic heterocycles. The van der Waals surface area contributed by atoms with Gasteiger partial charge < -0.3 is 14.7 Å². The van der Waals surface area contributed by atoms with Crippen LogP contribution >= 0.6 is 0 Å². The fourth-order valence-electron chi connectivity index (χ4n) is 5.09. The molecular weight excluding hydrogens is 376 g/mol. The van der Waals surface area contributed by atoms with Gasteiger partial charge in [0.25, 0.3) is 0 Å². The highest BCUT2D eigenvalue weighted by atomic mass is 16.5. The largest absolute Gasteiger partial charge is 0.491 e. The van der Waals surface area contributed by atoms with Gasteiger partial charge in [-0.15, -0.1) is 0 Å². The van der Waals surface area contributed by atoms with Crippen molar-refractivity contribution in [3.8, 4) is 5.75 Å². The quantitative estimate of drug-likeness (QED) is 0.797. The number of hydrogen-bond acceptors (Lipinski definition) is 4. The summed E-state index contributed by atoms with van der Waals surface area (Å²) in [5.74, 6) is 1.47. The molecule has 160 valence electrons. The van der Waals surface area contributed by atoms with E-state index in [1.807, 2.05) is 18.7 Å². The van der Waals surface area contributed by atoms with Gasteiger partial charge in [-0.25, -0.2) is 0 Å². The summed E-state index contributed by atoms with van der Waals surface area (Å²) in [7, 11) is 0. The number of ether oxygens (including phenoxy) is 1. The molecule has 2 aromatic rings. The molecule has 1 N–H and O–H groups in total. The van der Waals surface area contributed by atoms with Crippen LogP contribution in [0.15, 0.2) is 54.6 Å². The molecule has 0 saturated carbocycles. The molecule has 0 aliphatic carbocycles. The van der Waals surface area contributed by atoms with Gasteiger partial charge in [-0.05, 0) is 43.5 Å². The first-order chi connectivity index (χ1) is 14.5. The van der Waals surface area contributed by atoms with E-state index in [0.29, 0.717) is 24.4 Å². The SMILES string of the molecule is CC(C)Oc1ccc([C@H]2CN(Cc3ccccc3)[C@@H]3CCN(C(=O)CO)C[C@H]23)cc1. The van der Waals surface area contributed by atoms with Crippen molar-refractivity contribution in [3.63, 3.8) is 0 Å². The smallest absolute Gasteiger partial charge is 0.248 e. The Kier molecular flexibility index (Phi) is 6.40. The van der Waals surface area contributed by atoms with Crippen LogP contribution < -0.4 is 4.74 Å². The van der Waals surface area contributed by atoms with Gasteiger partial charge in [0.15, 0.2) is 0 Å². The van der Waals surface area contributed by atoms with Crippen LogP contribution in [0.3, 0.4) is 0 Å². The Morgan fingerprint density at radius 1 is 1.10 bits per heavy atom. The zero-order valence-corrected chi connectivity index (χ0v) is 17.9. The van der Waals surface area contributed by atoms with Crippen LogP contribution in [0, 0.1) is 5.92 Å². The molecule has 2 aromatic carbocycles. The number of hydrogen-bond donors (Lipinski definition) is 1. The first-order valence-electron chi connectivity index (χ1n) is 11.0. The van der Waals surface area contributed by atoms with E-state index in [4.69, 9.17) is 4.74 Å². The van der Waals surface area contributed by atoms with Crippen molar-refractivity contribution >= 4 is 5.91 Å². The average Bonchev–Trinajstić information content (AvgIpc) is 3.11. The number of rotatable bonds is 6. The third kappa shape index (κ3) is 4.52. The third-order valence-electron chi connectivity index (χ3n) is 6.43. The molecule has 5 nitrogen and oxygen atoms in total. The number of benzene rings is 2. The van der Waals surface area contributed by atoms with Crippen LogP contribution in [0.4, 0.5) is 0 Å². The van der Waals surface area contributed by atoms with Gasteiger partial charge in [-0.3, -0.25) is 9.69 Å². The number of amides is 1. The van der Waals surface area contributed by atoms with E-state index in [1.165, 1.54) is 11.1 Å². The molecule has 0 spiro atoms. The summed E-state index contributed by atoms with van der Waals surface area (Å²) >= 11 is 0. The van der Waals surface area contributed by atoms with Gasteiger partial charge in [-0.2, -0.15) is 0 Å². The van der Waals surface area contributed by atoms with Crippen molar-refractivity contribution in [2.45, 2.75) is 44.9 Å². The van der Waals surface area contributed by atoms with Crippen LogP contribution in [0.2, 0.25) is 0 Å². The number of carbonyl (C=O) groups excluding carboxylic acids is 1. The van der Waals surface area contributed by atoms with Crippen molar-refractivity contribution in [1.82, 2.24) is 9.80 Å². The van der Waals surface area contributed by atoms with Crippen molar-refractivity contribution in [1.29, 1.82) is 0 Å². The molecule has 0 bridgehead atoms. The summed E-state index contributed by atoms with van der Waals surface area (Å²) in [6, 6.07) is 19.5. The van der Waals surface area contributed by atoms with E-state index in [2.05, 4.69) is 59.5 Å². The number of piperidine rings is 1. The molecule has 0 unspecified atom stereocenters. The molecule has 2 saturated heterocycles. The topological polar surface area (TPSA) is 53.0 Å². The predicted octanol–water partition coefficient (Wildman–Crippen LogP) is 3.28. The van der Waals surface area contributed by atoms with E-state index in [0.717, 1.165) is 31.8 Å². The molecule has 3 atom stereocenters. The second-order valence-electron chi connectivity index (χ2n) is 8.77. The fraction of sp³-hybridized carbons (Fsp3) is 0.480. The standard InChI is InChI=1S/C25H32N2O3/c1-18(2)30-21-10-8-20(9-11-21)22-15-27(14-19-6-4-3-5-7-19)24-12-13-26(16-23(22)24)25(29)17-28/h3-11,18,22-24,28H,12-17H2,1-2H3/t22-,23-,24-/m1/s1. The minimum Gasteiger partial charge on any atom is -0.491 e. The van der Waals surface area contributed by atoms with Crippen molar-refractivity contribution < 1.29 is 14.6 Å². The number of likely N-dealkylation sites (tertiary alicyclic amines) is 2. The maximum absolute atomic E-state index is 12.2. The maximum atomic E-state index is 12.2. The number of aliphatic hydroxyl groups is 1. The molecule has 4 rings (SSSR count). The van der Waals surface area contributed by atoms with Gasteiger partial charge in [0.2, 0.25) is 5.91 Å². The normalized spacial score (nSPS) is 24.1. The predicted molar refractivity (Wildman–Crippen MR) is 117 cm³/mol. The van der Waals surface area contributed by atoms with Gasteiger partial charge in [0, 0.05) is 44.1 Å². The molecule has 0 radical (unpaired) electrons. The van der Waals surface area contributed by atoms with Gasteiger partial charge in [0.1, 0.15) is 12.4 Å². The summed E-state index contributed by atoms with van der Waals surface area (Å²) < 4.78 is 5.81. The lowest BCUT2D eigenvalue weighted by Gasteiger charge is -2.39. The summed E-state index contributed by atoms with van der Waals surface area (Å²) in [4.78, 5) is 16.6. The highest BCUT2D eigenvalue weighted by Crippen LogP contribution is 2.42. The summed E-state index contributed by atoms with van der Waals surface area (Å²) in [6.45, 7) is 7.01. The van der Waals surface area contributed by atoms with Gasteiger partial charge >= 0.3 is 0 Å². The Morgan fingerprint density at radius 2 is 1.83 bits per heavy atom. The molecule has 1 amide bonds. The number of fused-ring (bicyclic) bond motifs is 1. The van der Waals surface area contributed by atoms with E-state index >= 15 is 0 Å². The highest BCUT2D eigenvalue weighted by Gasteiger charge is 2.45.